The van der Waals surface area contributed by atoms with E-state index in [0.29, 0.717) is 18.9 Å². The fourth-order valence-electron chi connectivity index (χ4n) is 3.30. The van der Waals surface area contributed by atoms with Crippen LogP contribution < -0.4 is 0 Å². The van der Waals surface area contributed by atoms with Crippen LogP contribution in [0.2, 0.25) is 5.02 Å². The second-order valence-electron chi connectivity index (χ2n) is 7.06. The fraction of sp³-hybridized carbons (Fsp3) is 0.450. The molecule has 0 radical (unpaired) electrons. The Morgan fingerprint density at radius 3 is 2.50 bits per heavy atom. The summed E-state index contributed by atoms with van der Waals surface area (Å²) >= 11 is 6.16. The second kappa shape index (κ2) is 8.14. The lowest BCUT2D eigenvalue weighted by Crippen LogP contribution is -2.40. The first-order chi connectivity index (χ1) is 12.5. The van der Waals surface area contributed by atoms with Crippen molar-refractivity contribution in [2.45, 2.75) is 38.7 Å². The zero-order valence-electron chi connectivity index (χ0n) is 15.1. The van der Waals surface area contributed by atoms with Crippen LogP contribution in [0.1, 0.15) is 60.6 Å². The third-order valence-electron chi connectivity index (χ3n) is 4.90. The van der Waals surface area contributed by atoms with Gasteiger partial charge >= 0.3 is 0 Å². The summed E-state index contributed by atoms with van der Waals surface area (Å²) in [5.74, 6) is 0.734. The Morgan fingerprint density at radius 1 is 1.23 bits per heavy atom. The highest BCUT2D eigenvalue weighted by Gasteiger charge is 2.30. The molecule has 1 fully saturated rings. The molecule has 2 aromatic rings. The van der Waals surface area contributed by atoms with Crippen molar-refractivity contribution in [3.05, 3.63) is 58.6 Å². The summed E-state index contributed by atoms with van der Waals surface area (Å²) in [6.45, 7) is 5.14. The van der Waals surface area contributed by atoms with Crippen LogP contribution in [-0.2, 0) is 0 Å². The number of piperidine rings is 1. The van der Waals surface area contributed by atoms with Crippen LogP contribution in [0.25, 0.3) is 0 Å². The first kappa shape index (κ1) is 18.8. The minimum atomic E-state index is -0.497. The quantitative estimate of drug-likeness (QED) is 0.884. The van der Waals surface area contributed by atoms with Gasteiger partial charge in [0.25, 0.3) is 5.91 Å². The average Bonchev–Trinajstić information content (AvgIpc) is 2.68. The molecule has 1 saturated heterocycles. The van der Waals surface area contributed by atoms with E-state index in [4.69, 9.17) is 11.6 Å². The average molecular weight is 374 g/mol. The Morgan fingerprint density at radius 2 is 1.88 bits per heavy atom. The maximum atomic E-state index is 12.8. The molecule has 26 heavy (non-hydrogen) atoms. The summed E-state index contributed by atoms with van der Waals surface area (Å²) in [7, 11) is 0. The van der Waals surface area contributed by atoms with Gasteiger partial charge in [0.15, 0.2) is 5.69 Å². The van der Waals surface area contributed by atoms with Crippen molar-refractivity contribution in [1.82, 2.24) is 14.9 Å². The predicted molar refractivity (Wildman–Crippen MR) is 101 cm³/mol. The monoisotopic (exact) mass is 373 g/mol. The maximum absolute atomic E-state index is 12.8. The number of aromatic nitrogens is 2. The molecule has 1 aliphatic heterocycles. The third-order valence-corrected chi connectivity index (χ3v) is 5.17. The molecular formula is C20H24ClN3O2. The van der Waals surface area contributed by atoms with Gasteiger partial charge in [-0.15, -0.1) is 0 Å². The summed E-state index contributed by atoms with van der Waals surface area (Å²) in [5, 5.41) is 10.9. The summed E-state index contributed by atoms with van der Waals surface area (Å²) in [6.07, 6.45) is 2.51. The number of amides is 1. The normalized spacial score (nSPS) is 16.7. The van der Waals surface area contributed by atoms with E-state index in [1.54, 1.807) is 4.90 Å². The van der Waals surface area contributed by atoms with Crippen molar-refractivity contribution in [1.29, 1.82) is 0 Å². The summed E-state index contributed by atoms with van der Waals surface area (Å²) in [5.41, 5.74) is 1.20. The number of likely N-dealkylation sites (tertiary alicyclic amines) is 1. The molecule has 1 aliphatic rings. The molecule has 2 heterocycles. The number of benzene rings is 1. The molecule has 138 valence electrons. The first-order valence-electron chi connectivity index (χ1n) is 9.02. The molecule has 1 aromatic heterocycles. The highest BCUT2D eigenvalue weighted by molar-refractivity contribution is 6.33. The number of carbonyl (C=O) groups excluding carboxylic acids is 1. The first-order valence-corrected chi connectivity index (χ1v) is 9.40. The molecule has 1 atom stereocenters. The van der Waals surface area contributed by atoms with Crippen molar-refractivity contribution < 1.29 is 9.90 Å². The van der Waals surface area contributed by atoms with E-state index in [1.165, 1.54) is 6.20 Å². The van der Waals surface area contributed by atoms with E-state index in [0.717, 1.165) is 18.4 Å². The van der Waals surface area contributed by atoms with Crippen LogP contribution in [0.3, 0.4) is 0 Å². The van der Waals surface area contributed by atoms with Crippen molar-refractivity contribution in [2.24, 2.45) is 5.92 Å². The van der Waals surface area contributed by atoms with Crippen LogP contribution in [0, 0.1) is 5.92 Å². The molecule has 1 aromatic carbocycles. The van der Waals surface area contributed by atoms with Crippen LogP contribution in [0.15, 0.2) is 36.5 Å². The van der Waals surface area contributed by atoms with E-state index in [-0.39, 0.29) is 28.5 Å². The highest BCUT2D eigenvalue weighted by atomic mass is 35.5. The Labute approximate surface area is 159 Å². The van der Waals surface area contributed by atoms with Crippen molar-refractivity contribution in [2.75, 3.05) is 13.1 Å². The largest absolute Gasteiger partial charge is 0.388 e. The van der Waals surface area contributed by atoms with E-state index in [1.807, 2.05) is 44.2 Å². The maximum Gasteiger partial charge on any atom is 0.274 e. The number of aliphatic hydroxyl groups is 1. The van der Waals surface area contributed by atoms with Crippen molar-refractivity contribution in [3.63, 3.8) is 0 Å². The lowest BCUT2D eigenvalue weighted by atomic mass is 9.87. The number of rotatable bonds is 4. The van der Waals surface area contributed by atoms with Crippen LogP contribution in [-0.4, -0.2) is 39.0 Å². The molecule has 0 saturated carbocycles. The van der Waals surface area contributed by atoms with Gasteiger partial charge in [-0.2, -0.15) is 0 Å². The van der Waals surface area contributed by atoms with Gasteiger partial charge < -0.3 is 10.0 Å². The Hall–Kier alpha value is -1.98. The van der Waals surface area contributed by atoms with Gasteiger partial charge in [0.2, 0.25) is 0 Å². The second-order valence-corrected chi connectivity index (χ2v) is 7.47. The molecular weight excluding hydrogens is 350 g/mol. The number of hydrogen-bond donors (Lipinski definition) is 1. The smallest absolute Gasteiger partial charge is 0.274 e. The summed E-state index contributed by atoms with van der Waals surface area (Å²) in [6, 6.07) is 9.68. The van der Waals surface area contributed by atoms with E-state index in [2.05, 4.69) is 9.97 Å². The van der Waals surface area contributed by atoms with Crippen LogP contribution in [0.4, 0.5) is 0 Å². The van der Waals surface area contributed by atoms with Gasteiger partial charge in [0.05, 0.1) is 17.3 Å². The van der Waals surface area contributed by atoms with Crippen molar-refractivity contribution >= 4 is 17.5 Å². The number of aliphatic hydroxyl groups excluding tert-OH is 1. The SMILES string of the molecule is CC(C)c1ncc(Cl)c(C(=O)N2CCC(C(O)c3ccccc3)CC2)n1. The molecule has 0 spiro atoms. The third kappa shape index (κ3) is 4.05. The van der Waals surface area contributed by atoms with E-state index < -0.39 is 6.10 Å². The van der Waals surface area contributed by atoms with Gasteiger partial charge in [0.1, 0.15) is 5.82 Å². The highest BCUT2D eigenvalue weighted by Crippen LogP contribution is 2.31. The summed E-state index contributed by atoms with van der Waals surface area (Å²) < 4.78 is 0. The molecule has 0 bridgehead atoms. The zero-order chi connectivity index (χ0) is 18.7. The zero-order valence-corrected chi connectivity index (χ0v) is 15.9. The molecule has 1 unspecified atom stereocenters. The molecule has 1 amide bonds. The molecule has 0 aliphatic carbocycles. The molecule has 3 rings (SSSR count). The molecule has 5 nitrogen and oxygen atoms in total. The molecule has 1 N–H and O–H groups in total. The van der Waals surface area contributed by atoms with Gasteiger partial charge in [-0.3, -0.25) is 4.79 Å². The number of hydrogen-bond acceptors (Lipinski definition) is 4. The van der Waals surface area contributed by atoms with Gasteiger partial charge in [-0.25, -0.2) is 9.97 Å². The van der Waals surface area contributed by atoms with Gasteiger partial charge in [-0.1, -0.05) is 55.8 Å². The number of carbonyl (C=O) groups is 1. The Bertz CT molecular complexity index is 759. The minimum Gasteiger partial charge on any atom is -0.388 e. The number of halogens is 1. The lowest BCUT2D eigenvalue weighted by Gasteiger charge is -2.34. The minimum absolute atomic E-state index is 0.130. The standard InChI is InChI=1S/C20H24ClN3O2/c1-13(2)19-22-12-16(21)17(23-19)20(26)24-10-8-15(9-11-24)18(25)14-6-4-3-5-7-14/h3-7,12-13,15,18,25H,8-11H2,1-2H3. The topological polar surface area (TPSA) is 66.3 Å². The van der Waals surface area contributed by atoms with Crippen LogP contribution in [0.5, 0.6) is 0 Å². The fourth-order valence-corrected chi connectivity index (χ4v) is 3.47. The van der Waals surface area contributed by atoms with Gasteiger partial charge in [-0.05, 0) is 24.3 Å². The van der Waals surface area contributed by atoms with E-state index in [9.17, 15) is 9.90 Å². The lowest BCUT2D eigenvalue weighted by molar-refractivity contribution is 0.0458. The molecule has 6 heteroatoms. The Balaban J connectivity index is 1.66. The number of nitrogens with zero attached hydrogens (tertiary/aromatic N) is 3. The summed E-state index contributed by atoms with van der Waals surface area (Å²) in [4.78, 5) is 23.2. The van der Waals surface area contributed by atoms with E-state index >= 15 is 0 Å². The predicted octanol–water partition coefficient (Wildman–Crippen LogP) is 3.84. The van der Waals surface area contributed by atoms with Gasteiger partial charge in [0, 0.05) is 19.0 Å². The Kier molecular flexibility index (Phi) is 5.89. The van der Waals surface area contributed by atoms with Crippen molar-refractivity contribution in [3.8, 4) is 0 Å². The van der Waals surface area contributed by atoms with Crippen LogP contribution >= 0.6 is 11.6 Å².